The Balaban J connectivity index is 1.55. The van der Waals surface area contributed by atoms with Crippen LogP contribution in [0, 0.1) is 12.8 Å². The van der Waals surface area contributed by atoms with Gasteiger partial charge in [-0.3, -0.25) is 14.4 Å². The number of likely N-dealkylation sites (tertiary alicyclic amines) is 1. The average molecular weight is 338 g/mol. The summed E-state index contributed by atoms with van der Waals surface area (Å²) in [7, 11) is 1.97. The molecule has 1 amide bonds. The van der Waals surface area contributed by atoms with Crippen molar-refractivity contribution in [1.82, 2.24) is 20.0 Å². The molecule has 5 heteroatoms. The molecule has 4 rings (SSSR count). The number of rotatable bonds is 5. The zero-order valence-corrected chi connectivity index (χ0v) is 15.0. The number of benzene rings is 1. The van der Waals surface area contributed by atoms with Crippen molar-refractivity contribution in [3.63, 3.8) is 0 Å². The first-order valence-corrected chi connectivity index (χ1v) is 9.17. The summed E-state index contributed by atoms with van der Waals surface area (Å²) < 4.78 is 1.91. The van der Waals surface area contributed by atoms with E-state index in [0.717, 1.165) is 38.2 Å². The molecule has 2 aromatic rings. The van der Waals surface area contributed by atoms with Crippen LogP contribution >= 0.6 is 0 Å². The maximum absolute atomic E-state index is 12.8. The van der Waals surface area contributed by atoms with Crippen LogP contribution in [0.2, 0.25) is 0 Å². The van der Waals surface area contributed by atoms with E-state index in [1.54, 1.807) is 0 Å². The molecule has 132 valence electrons. The Hall–Kier alpha value is -2.14. The lowest BCUT2D eigenvalue weighted by atomic mass is 9.88. The lowest BCUT2D eigenvalue weighted by molar-refractivity contribution is -0.125. The van der Waals surface area contributed by atoms with Gasteiger partial charge < -0.3 is 5.32 Å². The zero-order chi connectivity index (χ0) is 17.4. The normalized spacial score (nSPS) is 23.8. The lowest BCUT2D eigenvalue weighted by Crippen LogP contribution is -2.36. The molecule has 0 spiro atoms. The molecule has 2 heterocycles. The fourth-order valence-electron chi connectivity index (χ4n) is 3.85. The van der Waals surface area contributed by atoms with Gasteiger partial charge in [0.15, 0.2) is 0 Å². The minimum absolute atomic E-state index is 0.00668. The fraction of sp³-hybridized carbons (Fsp3) is 0.500. The number of hydrogen-bond donors (Lipinski definition) is 1. The second-order valence-corrected chi connectivity index (χ2v) is 7.48. The first-order chi connectivity index (χ1) is 12.1. The minimum Gasteiger partial charge on any atom is -0.353 e. The van der Waals surface area contributed by atoms with Crippen LogP contribution in [0.4, 0.5) is 0 Å². The number of aromatic nitrogens is 2. The third-order valence-corrected chi connectivity index (χ3v) is 5.58. The Morgan fingerprint density at radius 3 is 2.64 bits per heavy atom. The van der Waals surface area contributed by atoms with Crippen molar-refractivity contribution in [3.8, 4) is 0 Å². The second kappa shape index (κ2) is 6.64. The second-order valence-electron chi connectivity index (χ2n) is 7.48. The van der Waals surface area contributed by atoms with E-state index < -0.39 is 0 Å². The smallest absolute Gasteiger partial charge is 0.225 e. The van der Waals surface area contributed by atoms with Crippen LogP contribution in [0.25, 0.3) is 0 Å². The Morgan fingerprint density at radius 1 is 1.24 bits per heavy atom. The van der Waals surface area contributed by atoms with Crippen LogP contribution in [0.1, 0.15) is 35.6 Å². The van der Waals surface area contributed by atoms with E-state index in [1.807, 2.05) is 24.0 Å². The van der Waals surface area contributed by atoms with E-state index in [-0.39, 0.29) is 17.7 Å². The van der Waals surface area contributed by atoms with Gasteiger partial charge in [0.05, 0.1) is 12.1 Å². The summed E-state index contributed by atoms with van der Waals surface area (Å²) in [5.41, 5.74) is 3.68. The van der Waals surface area contributed by atoms with Gasteiger partial charge in [0, 0.05) is 44.3 Å². The van der Waals surface area contributed by atoms with Gasteiger partial charge in [-0.05, 0) is 30.9 Å². The first-order valence-electron chi connectivity index (χ1n) is 9.17. The van der Waals surface area contributed by atoms with Gasteiger partial charge in [-0.25, -0.2) is 0 Å². The summed E-state index contributed by atoms with van der Waals surface area (Å²) in [5, 5.41) is 7.62. The molecule has 1 aliphatic carbocycles. The number of nitrogens with zero attached hydrogens (tertiary/aromatic N) is 3. The Kier molecular flexibility index (Phi) is 4.34. The van der Waals surface area contributed by atoms with E-state index in [9.17, 15) is 4.79 Å². The molecule has 0 unspecified atom stereocenters. The van der Waals surface area contributed by atoms with Crippen molar-refractivity contribution >= 4 is 5.91 Å². The van der Waals surface area contributed by atoms with E-state index in [2.05, 4.69) is 46.5 Å². The molecule has 1 saturated heterocycles. The van der Waals surface area contributed by atoms with Crippen molar-refractivity contribution < 1.29 is 4.79 Å². The van der Waals surface area contributed by atoms with E-state index >= 15 is 0 Å². The summed E-state index contributed by atoms with van der Waals surface area (Å²) in [5.74, 6) is 0.440. The van der Waals surface area contributed by atoms with E-state index in [4.69, 9.17) is 0 Å². The van der Waals surface area contributed by atoms with Crippen molar-refractivity contribution in [2.24, 2.45) is 13.0 Å². The van der Waals surface area contributed by atoms with Gasteiger partial charge in [-0.2, -0.15) is 5.10 Å². The van der Waals surface area contributed by atoms with Gasteiger partial charge in [0.2, 0.25) is 5.91 Å². The molecule has 0 bridgehead atoms. The summed E-state index contributed by atoms with van der Waals surface area (Å²) >= 11 is 0. The minimum atomic E-state index is 0.00668. The molecule has 2 atom stereocenters. The quantitative estimate of drug-likeness (QED) is 0.909. The zero-order valence-electron chi connectivity index (χ0n) is 15.0. The van der Waals surface area contributed by atoms with Crippen LogP contribution < -0.4 is 5.32 Å². The number of carbonyl (C=O) groups is 1. The summed E-state index contributed by atoms with van der Waals surface area (Å²) in [6, 6.07) is 10.9. The SMILES string of the molecule is Cc1c([C@H]2CN(Cc3ccccc3)C[C@@H]2C(=O)NC2CC2)cnn1C. The van der Waals surface area contributed by atoms with Crippen molar-refractivity contribution in [2.45, 2.75) is 38.3 Å². The molecule has 5 nitrogen and oxygen atoms in total. The molecule has 2 fully saturated rings. The first kappa shape index (κ1) is 16.3. The van der Waals surface area contributed by atoms with Crippen LogP contribution in [0.3, 0.4) is 0 Å². The molecular formula is C20H26N4O. The summed E-state index contributed by atoms with van der Waals surface area (Å²) in [6.07, 6.45) is 4.20. The van der Waals surface area contributed by atoms with Crippen LogP contribution in [-0.2, 0) is 18.4 Å². The third-order valence-electron chi connectivity index (χ3n) is 5.58. The van der Waals surface area contributed by atoms with Crippen LogP contribution in [-0.4, -0.2) is 39.7 Å². The molecule has 0 radical (unpaired) electrons. The molecule has 25 heavy (non-hydrogen) atoms. The van der Waals surface area contributed by atoms with Crippen molar-refractivity contribution in [2.75, 3.05) is 13.1 Å². The van der Waals surface area contributed by atoms with Crippen molar-refractivity contribution in [3.05, 3.63) is 53.3 Å². The number of nitrogens with one attached hydrogen (secondary N) is 1. The third kappa shape index (κ3) is 3.47. The molecule has 1 saturated carbocycles. The lowest BCUT2D eigenvalue weighted by Gasteiger charge is -2.17. The monoisotopic (exact) mass is 338 g/mol. The Morgan fingerprint density at radius 2 is 2.00 bits per heavy atom. The largest absolute Gasteiger partial charge is 0.353 e. The molecule has 1 aliphatic heterocycles. The maximum Gasteiger partial charge on any atom is 0.225 e. The van der Waals surface area contributed by atoms with Gasteiger partial charge in [-0.15, -0.1) is 0 Å². The highest BCUT2D eigenvalue weighted by Gasteiger charge is 2.41. The van der Waals surface area contributed by atoms with Gasteiger partial charge in [-0.1, -0.05) is 30.3 Å². The molecule has 1 aromatic heterocycles. The van der Waals surface area contributed by atoms with E-state index in [0.29, 0.717) is 6.04 Å². The fourth-order valence-corrected chi connectivity index (χ4v) is 3.85. The maximum atomic E-state index is 12.8. The van der Waals surface area contributed by atoms with Crippen molar-refractivity contribution in [1.29, 1.82) is 0 Å². The summed E-state index contributed by atoms with van der Waals surface area (Å²) in [4.78, 5) is 15.2. The van der Waals surface area contributed by atoms with Crippen LogP contribution in [0.5, 0.6) is 0 Å². The van der Waals surface area contributed by atoms with Gasteiger partial charge >= 0.3 is 0 Å². The molecular weight excluding hydrogens is 312 g/mol. The number of hydrogen-bond acceptors (Lipinski definition) is 3. The standard InChI is InChI=1S/C20H26N4O/c1-14-17(10-21-23(14)2)18-12-24(11-15-6-4-3-5-7-15)13-19(18)20(25)22-16-8-9-16/h3-7,10,16,18-19H,8-9,11-13H2,1-2H3,(H,22,25)/t18-,19+/m1/s1. The van der Waals surface area contributed by atoms with E-state index in [1.165, 1.54) is 11.1 Å². The predicted octanol–water partition coefficient (Wildman–Crippen LogP) is 2.22. The summed E-state index contributed by atoms with van der Waals surface area (Å²) in [6.45, 7) is 4.71. The highest BCUT2D eigenvalue weighted by atomic mass is 16.2. The molecule has 2 aliphatic rings. The Labute approximate surface area is 149 Å². The van der Waals surface area contributed by atoms with Gasteiger partial charge in [0.1, 0.15) is 0 Å². The topological polar surface area (TPSA) is 50.2 Å². The molecule has 1 N–H and O–H groups in total. The number of amides is 1. The highest BCUT2D eigenvalue weighted by Crippen LogP contribution is 2.35. The molecule has 1 aromatic carbocycles. The van der Waals surface area contributed by atoms with Gasteiger partial charge in [0.25, 0.3) is 0 Å². The Bertz CT molecular complexity index is 750. The average Bonchev–Trinajstić information content (AvgIpc) is 3.23. The predicted molar refractivity (Wildman–Crippen MR) is 97.1 cm³/mol. The number of aryl methyl sites for hydroxylation is 1. The number of carbonyl (C=O) groups excluding carboxylic acids is 1. The highest BCUT2D eigenvalue weighted by molar-refractivity contribution is 5.81. The van der Waals surface area contributed by atoms with Crippen LogP contribution in [0.15, 0.2) is 36.5 Å².